The summed E-state index contributed by atoms with van der Waals surface area (Å²) in [6, 6.07) is 6.24. The van der Waals surface area contributed by atoms with E-state index in [-0.39, 0.29) is 23.8 Å². The zero-order valence-electron chi connectivity index (χ0n) is 11.4. The number of hydrogen-bond acceptors (Lipinski definition) is 5. The molecule has 0 saturated carbocycles. The van der Waals surface area contributed by atoms with Crippen LogP contribution in [0.15, 0.2) is 33.5 Å². The maximum atomic E-state index is 12.0. The van der Waals surface area contributed by atoms with E-state index >= 15 is 0 Å². The van der Waals surface area contributed by atoms with Gasteiger partial charge in [-0.15, -0.1) is 0 Å². The lowest BCUT2D eigenvalue weighted by Gasteiger charge is -2.11. The second-order valence-corrected chi connectivity index (χ2v) is 5.21. The van der Waals surface area contributed by atoms with Crippen molar-refractivity contribution in [1.29, 1.82) is 0 Å². The Bertz CT molecular complexity index is 758. The van der Waals surface area contributed by atoms with Gasteiger partial charge in [-0.1, -0.05) is 6.07 Å². The Balaban J connectivity index is 2.46. The van der Waals surface area contributed by atoms with E-state index in [9.17, 15) is 14.9 Å². The molecule has 0 unspecified atom stereocenters. The molecule has 0 spiro atoms. The largest absolute Gasteiger partial charge is 0.468 e. The summed E-state index contributed by atoms with van der Waals surface area (Å²) in [4.78, 5) is 26.6. The molecular weight excluding hydrogens is 342 g/mol. The summed E-state index contributed by atoms with van der Waals surface area (Å²) in [7, 11) is 1.42. The smallest absolute Gasteiger partial charge is 0.299 e. The van der Waals surface area contributed by atoms with Crippen molar-refractivity contribution in [2.45, 2.75) is 13.5 Å². The van der Waals surface area contributed by atoms with E-state index in [1.54, 1.807) is 19.1 Å². The Kier molecular flexibility index (Phi) is 4.37. The monoisotopic (exact) mass is 353 g/mol. The maximum absolute atomic E-state index is 12.0. The third-order valence-electron chi connectivity index (χ3n) is 2.83. The second-order valence-electron chi connectivity index (χ2n) is 4.35. The molecule has 0 fully saturated rings. The van der Waals surface area contributed by atoms with Crippen molar-refractivity contribution in [1.82, 2.24) is 9.55 Å². The van der Waals surface area contributed by atoms with Gasteiger partial charge in [0.2, 0.25) is 0 Å². The first-order chi connectivity index (χ1) is 9.92. The zero-order valence-corrected chi connectivity index (χ0v) is 13.0. The van der Waals surface area contributed by atoms with E-state index in [4.69, 9.17) is 4.74 Å². The number of rotatable bonds is 4. The molecule has 1 heterocycles. The molecule has 0 aliphatic rings. The number of nitro groups is 1. The summed E-state index contributed by atoms with van der Waals surface area (Å²) in [5.74, 6) is 0. The highest BCUT2D eigenvalue weighted by atomic mass is 79.9. The average molecular weight is 354 g/mol. The first-order valence-corrected chi connectivity index (χ1v) is 6.77. The summed E-state index contributed by atoms with van der Waals surface area (Å²) >= 11 is 3.12. The predicted molar refractivity (Wildman–Crippen MR) is 79.7 cm³/mol. The van der Waals surface area contributed by atoms with Crippen LogP contribution in [0.1, 0.15) is 11.3 Å². The van der Waals surface area contributed by atoms with Crippen molar-refractivity contribution in [2.75, 3.05) is 7.11 Å². The Morgan fingerprint density at radius 3 is 2.76 bits per heavy atom. The molecule has 1 aromatic carbocycles. The van der Waals surface area contributed by atoms with Crippen LogP contribution in [0.2, 0.25) is 0 Å². The number of aromatic nitrogens is 2. The minimum atomic E-state index is -0.485. The fourth-order valence-electron chi connectivity index (χ4n) is 1.87. The zero-order chi connectivity index (χ0) is 15.6. The Hall–Kier alpha value is -2.22. The van der Waals surface area contributed by atoms with Crippen LogP contribution in [0.4, 0.5) is 5.69 Å². The van der Waals surface area contributed by atoms with Crippen molar-refractivity contribution in [3.8, 4) is 6.01 Å². The second kappa shape index (κ2) is 6.04. The average Bonchev–Trinajstić information content (AvgIpc) is 2.42. The third kappa shape index (κ3) is 3.27. The number of nitrogens with zero attached hydrogens (tertiary/aromatic N) is 3. The fraction of sp³-hybridized carbons (Fsp3) is 0.231. The molecule has 110 valence electrons. The molecule has 0 amide bonds. The molecule has 0 aliphatic carbocycles. The van der Waals surface area contributed by atoms with Crippen LogP contribution < -0.4 is 10.3 Å². The molecule has 0 radical (unpaired) electrons. The van der Waals surface area contributed by atoms with Crippen molar-refractivity contribution >= 4 is 21.6 Å². The molecule has 0 aliphatic heterocycles. The summed E-state index contributed by atoms with van der Waals surface area (Å²) in [6.45, 7) is 1.84. The first-order valence-electron chi connectivity index (χ1n) is 5.97. The van der Waals surface area contributed by atoms with Crippen LogP contribution in [-0.4, -0.2) is 21.6 Å². The number of methoxy groups -OCH3 is 1. The fourth-order valence-corrected chi connectivity index (χ4v) is 2.27. The van der Waals surface area contributed by atoms with Gasteiger partial charge < -0.3 is 4.74 Å². The van der Waals surface area contributed by atoms with Gasteiger partial charge in [0.25, 0.3) is 17.3 Å². The first kappa shape index (κ1) is 15.2. The Labute approximate surface area is 128 Å². The van der Waals surface area contributed by atoms with Gasteiger partial charge in [-0.3, -0.25) is 19.5 Å². The highest BCUT2D eigenvalue weighted by Crippen LogP contribution is 2.26. The van der Waals surface area contributed by atoms with E-state index in [0.29, 0.717) is 15.7 Å². The SMILES string of the molecule is COc1nc(C)cc(=O)n1Cc1ccc(Br)c([N+](=O)[O-])c1. The number of benzene rings is 1. The minimum Gasteiger partial charge on any atom is -0.468 e. The molecule has 8 heteroatoms. The Morgan fingerprint density at radius 2 is 2.14 bits per heavy atom. The molecule has 21 heavy (non-hydrogen) atoms. The van der Waals surface area contributed by atoms with Gasteiger partial charge >= 0.3 is 0 Å². The normalized spacial score (nSPS) is 10.4. The topological polar surface area (TPSA) is 87.3 Å². The molecule has 1 aromatic heterocycles. The predicted octanol–water partition coefficient (Wildman–Crippen LogP) is 2.28. The van der Waals surface area contributed by atoms with Crippen molar-refractivity contribution < 1.29 is 9.66 Å². The van der Waals surface area contributed by atoms with E-state index in [2.05, 4.69) is 20.9 Å². The lowest BCUT2D eigenvalue weighted by Crippen LogP contribution is -2.23. The maximum Gasteiger partial charge on any atom is 0.299 e. The summed E-state index contributed by atoms with van der Waals surface area (Å²) < 4.78 is 6.80. The summed E-state index contributed by atoms with van der Waals surface area (Å²) in [6.07, 6.45) is 0. The van der Waals surface area contributed by atoms with Gasteiger partial charge in [0, 0.05) is 17.8 Å². The van der Waals surface area contributed by atoms with Gasteiger partial charge in [0.05, 0.1) is 23.1 Å². The van der Waals surface area contributed by atoms with E-state index in [0.717, 1.165) is 0 Å². The number of halogens is 1. The van der Waals surface area contributed by atoms with Gasteiger partial charge in [-0.05, 0) is 34.5 Å². The van der Waals surface area contributed by atoms with E-state index < -0.39 is 4.92 Å². The molecule has 2 aromatic rings. The highest BCUT2D eigenvalue weighted by Gasteiger charge is 2.14. The lowest BCUT2D eigenvalue weighted by atomic mass is 10.2. The Morgan fingerprint density at radius 1 is 1.43 bits per heavy atom. The number of ether oxygens (including phenoxy) is 1. The molecule has 7 nitrogen and oxygen atoms in total. The van der Waals surface area contributed by atoms with E-state index in [1.807, 2.05) is 0 Å². The third-order valence-corrected chi connectivity index (χ3v) is 3.50. The van der Waals surface area contributed by atoms with Gasteiger partial charge in [-0.25, -0.2) is 4.98 Å². The van der Waals surface area contributed by atoms with Crippen molar-refractivity contribution in [3.05, 3.63) is 60.5 Å². The minimum absolute atomic E-state index is 0.0559. The van der Waals surface area contributed by atoms with Crippen LogP contribution in [0.3, 0.4) is 0 Å². The van der Waals surface area contributed by atoms with Crippen LogP contribution in [-0.2, 0) is 6.54 Å². The van der Waals surface area contributed by atoms with Gasteiger partial charge in [0.1, 0.15) is 0 Å². The number of nitro benzene ring substituents is 1. The quantitative estimate of drug-likeness (QED) is 0.621. The standard InChI is InChI=1S/C13H12BrN3O4/c1-8-5-12(18)16(13(15-8)21-2)7-9-3-4-10(14)11(6-9)17(19)20/h3-6H,7H2,1-2H3. The summed E-state index contributed by atoms with van der Waals surface area (Å²) in [5, 5.41) is 10.9. The molecule has 0 saturated heterocycles. The van der Waals surface area contributed by atoms with Crippen molar-refractivity contribution in [2.24, 2.45) is 0 Å². The lowest BCUT2D eigenvalue weighted by molar-refractivity contribution is -0.385. The molecule has 2 rings (SSSR count). The van der Waals surface area contributed by atoms with Crippen LogP contribution >= 0.6 is 15.9 Å². The molecular formula is C13H12BrN3O4. The van der Waals surface area contributed by atoms with Crippen LogP contribution in [0.25, 0.3) is 0 Å². The van der Waals surface area contributed by atoms with Gasteiger partial charge in [0.15, 0.2) is 0 Å². The van der Waals surface area contributed by atoms with E-state index in [1.165, 1.54) is 23.8 Å². The van der Waals surface area contributed by atoms with Gasteiger partial charge in [-0.2, -0.15) is 0 Å². The highest BCUT2D eigenvalue weighted by molar-refractivity contribution is 9.10. The summed E-state index contributed by atoms with van der Waals surface area (Å²) in [5.41, 5.74) is 0.829. The van der Waals surface area contributed by atoms with Crippen LogP contribution in [0.5, 0.6) is 6.01 Å². The molecule has 0 atom stereocenters. The number of hydrogen-bond donors (Lipinski definition) is 0. The number of aryl methyl sites for hydroxylation is 1. The molecule has 0 bridgehead atoms. The van der Waals surface area contributed by atoms with Crippen LogP contribution in [0, 0.1) is 17.0 Å². The van der Waals surface area contributed by atoms with Crippen molar-refractivity contribution in [3.63, 3.8) is 0 Å². The molecule has 0 N–H and O–H groups in total.